The normalized spacial score (nSPS) is 29.4. The van der Waals surface area contributed by atoms with E-state index in [1.807, 2.05) is 6.07 Å². The molecule has 4 heteroatoms. The van der Waals surface area contributed by atoms with E-state index in [1.54, 1.807) is 0 Å². The Bertz CT molecular complexity index is 505. The maximum atomic E-state index is 5.92. The third kappa shape index (κ3) is 3.16. The van der Waals surface area contributed by atoms with Crippen molar-refractivity contribution in [1.82, 2.24) is 5.32 Å². The maximum absolute atomic E-state index is 5.92. The average Bonchev–Trinajstić information content (AvgIpc) is 2.94. The monoisotopic (exact) mass is 291 g/mol. The Labute approximate surface area is 126 Å². The van der Waals surface area contributed by atoms with Gasteiger partial charge in [-0.25, -0.2) is 0 Å². The van der Waals surface area contributed by atoms with Gasteiger partial charge in [-0.2, -0.15) is 0 Å². The molecule has 21 heavy (non-hydrogen) atoms. The van der Waals surface area contributed by atoms with Crippen LogP contribution in [0.3, 0.4) is 0 Å². The highest BCUT2D eigenvalue weighted by Crippen LogP contribution is 2.35. The molecule has 0 bridgehead atoms. The predicted molar refractivity (Wildman–Crippen MR) is 81.8 cm³/mol. The molecule has 116 valence electrons. The second-order valence-electron chi connectivity index (χ2n) is 6.34. The Balaban J connectivity index is 1.64. The molecule has 1 aromatic carbocycles. The van der Waals surface area contributed by atoms with Gasteiger partial charge in [0, 0.05) is 18.7 Å². The van der Waals surface area contributed by atoms with Gasteiger partial charge in [0.15, 0.2) is 11.5 Å². The first kappa shape index (κ1) is 14.7. The molecule has 0 radical (unpaired) electrons. The van der Waals surface area contributed by atoms with Crippen LogP contribution in [0.4, 0.5) is 0 Å². The number of fused-ring (bicyclic) bond motifs is 1. The second kappa shape index (κ2) is 5.85. The highest BCUT2D eigenvalue weighted by atomic mass is 16.7. The Morgan fingerprint density at radius 3 is 2.95 bits per heavy atom. The molecule has 4 nitrogen and oxygen atoms in total. The summed E-state index contributed by atoms with van der Waals surface area (Å²) in [5.74, 6) is 1.70. The molecule has 1 aromatic rings. The van der Waals surface area contributed by atoms with Crippen LogP contribution >= 0.6 is 0 Å². The van der Waals surface area contributed by atoms with Crippen LogP contribution < -0.4 is 14.8 Å². The Morgan fingerprint density at radius 2 is 2.14 bits per heavy atom. The lowest BCUT2D eigenvalue weighted by atomic mass is 9.89. The lowest BCUT2D eigenvalue weighted by Gasteiger charge is -2.39. The Hall–Kier alpha value is -1.26. The summed E-state index contributed by atoms with van der Waals surface area (Å²) in [6.07, 6.45) is 3.20. The van der Waals surface area contributed by atoms with Crippen LogP contribution in [-0.2, 0) is 4.74 Å². The van der Waals surface area contributed by atoms with E-state index >= 15 is 0 Å². The van der Waals surface area contributed by atoms with Gasteiger partial charge in [0.1, 0.15) is 0 Å². The summed E-state index contributed by atoms with van der Waals surface area (Å²) in [6, 6.07) is 6.99. The van der Waals surface area contributed by atoms with Crippen molar-refractivity contribution in [2.45, 2.75) is 57.7 Å². The van der Waals surface area contributed by atoms with Crippen LogP contribution in [-0.4, -0.2) is 25.0 Å². The van der Waals surface area contributed by atoms with Gasteiger partial charge in [0.25, 0.3) is 0 Å². The summed E-state index contributed by atoms with van der Waals surface area (Å²) in [5, 5.41) is 3.74. The molecule has 1 saturated heterocycles. The Morgan fingerprint density at radius 1 is 1.33 bits per heavy atom. The van der Waals surface area contributed by atoms with E-state index in [9.17, 15) is 0 Å². The van der Waals surface area contributed by atoms with Crippen LogP contribution in [0.5, 0.6) is 11.5 Å². The first-order valence-electron chi connectivity index (χ1n) is 7.89. The third-order valence-electron chi connectivity index (χ3n) is 4.73. The molecule has 0 spiro atoms. The Kier molecular flexibility index (Phi) is 4.09. The summed E-state index contributed by atoms with van der Waals surface area (Å²) >= 11 is 0. The van der Waals surface area contributed by atoms with E-state index in [4.69, 9.17) is 14.2 Å². The van der Waals surface area contributed by atoms with Crippen molar-refractivity contribution in [3.63, 3.8) is 0 Å². The lowest BCUT2D eigenvalue weighted by Crippen LogP contribution is -2.45. The van der Waals surface area contributed by atoms with E-state index in [-0.39, 0.29) is 5.60 Å². The molecule has 0 aromatic heterocycles. The van der Waals surface area contributed by atoms with E-state index in [2.05, 4.69) is 38.2 Å². The molecule has 0 saturated carbocycles. The number of ether oxygens (including phenoxy) is 3. The molecule has 3 atom stereocenters. The molecule has 2 heterocycles. The second-order valence-corrected chi connectivity index (χ2v) is 6.34. The van der Waals surface area contributed by atoms with Crippen LogP contribution in [0.2, 0.25) is 0 Å². The zero-order valence-electron chi connectivity index (χ0n) is 13.1. The van der Waals surface area contributed by atoms with Gasteiger partial charge in [-0.3, -0.25) is 0 Å². The van der Waals surface area contributed by atoms with Gasteiger partial charge < -0.3 is 19.5 Å². The molecular formula is C17H25NO3. The molecule has 2 aliphatic heterocycles. The number of rotatable bonds is 4. The van der Waals surface area contributed by atoms with Gasteiger partial charge in [-0.05, 0) is 50.8 Å². The third-order valence-corrected chi connectivity index (χ3v) is 4.73. The fraction of sp³-hybridized carbons (Fsp3) is 0.647. The fourth-order valence-corrected chi connectivity index (χ4v) is 3.15. The van der Waals surface area contributed by atoms with E-state index in [0.29, 0.717) is 18.9 Å². The minimum Gasteiger partial charge on any atom is -0.454 e. The SMILES string of the molecule is CCC1(C)CC(NC(C)c2ccc3c(c2)OCO3)CCO1. The van der Waals surface area contributed by atoms with E-state index in [0.717, 1.165) is 37.4 Å². The zero-order chi connectivity index (χ0) is 14.9. The van der Waals surface area contributed by atoms with Gasteiger partial charge >= 0.3 is 0 Å². The summed E-state index contributed by atoms with van der Waals surface area (Å²) in [7, 11) is 0. The first-order chi connectivity index (χ1) is 10.1. The molecular weight excluding hydrogens is 266 g/mol. The average molecular weight is 291 g/mol. The lowest BCUT2D eigenvalue weighted by molar-refractivity contribution is -0.0789. The van der Waals surface area contributed by atoms with Crippen LogP contribution in [0.1, 0.15) is 51.6 Å². The first-order valence-corrected chi connectivity index (χ1v) is 7.89. The molecule has 1 fully saturated rings. The van der Waals surface area contributed by atoms with Crippen molar-refractivity contribution in [2.24, 2.45) is 0 Å². The maximum Gasteiger partial charge on any atom is 0.231 e. The minimum absolute atomic E-state index is 0.0184. The van der Waals surface area contributed by atoms with E-state index in [1.165, 1.54) is 5.56 Å². The van der Waals surface area contributed by atoms with Crippen molar-refractivity contribution in [2.75, 3.05) is 13.4 Å². The van der Waals surface area contributed by atoms with Crippen LogP contribution in [0.25, 0.3) is 0 Å². The number of hydrogen-bond acceptors (Lipinski definition) is 4. The minimum atomic E-state index is 0.0184. The van der Waals surface area contributed by atoms with Crippen LogP contribution in [0, 0.1) is 0 Å². The zero-order valence-corrected chi connectivity index (χ0v) is 13.1. The summed E-state index contributed by atoms with van der Waals surface area (Å²) in [6.45, 7) is 7.79. The standard InChI is InChI=1S/C17H25NO3/c1-4-17(3)10-14(7-8-21-17)18-12(2)13-5-6-15-16(9-13)20-11-19-15/h5-6,9,12,14,18H,4,7-8,10-11H2,1-3H3. The van der Waals surface area contributed by atoms with E-state index < -0.39 is 0 Å². The fourth-order valence-electron chi connectivity index (χ4n) is 3.15. The molecule has 3 rings (SSSR count). The summed E-state index contributed by atoms with van der Waals surface area (Å²) in [4.78, 5) is 0. The largest absolute Gasteiger partial charge is 0.454 e. The molecule has 0 aliphatic carbocycles. The molecule has 1 N–H and O–H groups in total. The van der Waals surface area contributed by atoms with Gasteiger partial charge in [0.05, 0.1) is 5.60 Å². The summed E-state index contributed by atoms with van der Waals surface area (Å²) in [5.41, 5.74) is 1.26. The van der Waals surface area contributed by atoms with Crippen LogP contribution in [0.15, 0.2) is 18.2 Å². The van der Waals surface area contributed by atoms with Gasteiger partial charge in [-0.1, -0.05) is 13.0 Å². The summed E-state index contributed by atoms with van der Waals surface area (Å²) < 4.78 is 16.7. The van der Waals surface area contributed by atoms with Crippen molar-refractivity contribution in [3.05, 3.63) is 23.8 Å². The molecule has 3 unspecified atom stereocenters. The van der Waals surface area contributed by atoms with Crippen molar-refractivity contribution >= 4 is 0 Å². The highest BCUT2D eigenvalue weighted by Gasteiger charge is 2.32. The highest BCUT2D eigenvalue weighted by molar-refractivity contribution is 5.45. The molecule has 2 aliphatic rings. The van der Waals surface area contributed by atoms with Gasteiger partial charge in [-0.15, -0.1) is 0 Å². The van der Waals surface area contributed by atoms with Crippen molar-refractivity contribution in [3.8, 4) is 11.5 Å². The predicted octanol–water partition coefficient (Wildman–Crippen LogP) is 3.41. The van der Waals surface area contributed by atoms with Crippen molar-refractivity contribution in [1.29, 1.82) is 0 Å². The topological polar surface area (TPSA) is 39.7 Å². The smallest absolute Gasteiger partial charge is 0.231 e. The number of hydrogen-bond donors (Lipinski definition) is 1. The number of benzene rings is 1. The quantitative estimate of drug-likeness (QED) is 0.923. The van der Waals surface area contributed by atoms with Crippen molar-refractivity contribution < 1.29 is 14.2 Å². The number of nitrogens with one attached hydrogen (secondary N) is 1. The molecule has 0 amide bonds. The van der Waals surface area contributed by atoms with Gasteiger partial charge in [0.2, 0.25) is 6.79 Å².